The molecule has 166 valence electrons. The van der Waals surface area contributed by atoms with Crippen LogP contribution in [0.5, 0.6) is 11.5 Å². The van der Waals surface area contributed by atoms with Gasteiger partial charge in [0.1, 0.15) is 11.5 Å². The smallest absolute Gasteiger partial charge is 0.250 e. The Morgan fingerprint density at radius 1 is 0.667 bits per heavy atom. The van der Waals surface area contributed by atoms with Gasteiger partial charge in [-0.2, -0.15) is 20.1 Å². The summed E-state index contributed by atoms with van der Waals surface area (Å²) in [5.74, 6) is 2.46. The number of nitrogens with one attached hydrogen (secondary N) is 3. The third-order valence-electron chi connectivity index (χ3n) is 4.52. The molecule has 0 aliphatic rings. The molecule has 0 amide bonds. The SMILES string of the molecule is COc1ccc(Nc2nc(N/N=C/c3ccccc3OC)nc(Nc3ccccc3)n2)cc1. The molecule has 0 unspecified atom stereocenters. The lowest BCUT2D eigenvalue weighted by atomic mass is 10.2. The fraction of sp³-hybridized carbons (Fsp3) is 0.0833. The predicted octanol–water partition coefficient (Wildman–Crippen LogP) is 4.82. The molecule has 0 saturated carbocycles. The van der Waals surface area contributed by atoms with E-state index >= 15 is 0 Å². The Bertz CT molecular complexity index is 1220. The fourth-order valence-corrected chi connectivity index (χ4v) is 2.92. The summed E-state index contributed by atoms with van der Waals surface area (Å²) in [4.78, 5) is 13.3. The number of ether oxygens (including phenoxy) is 2. The molecule has 4 rings (SSSR count). The first-order valence-corrected chi connectivity index (χ1v) is 10.1. The molecule has 4 aromatic rings. The average Bonchev–Trinajstić information content (AvgIpc) is 2.85. The van der Waals surface area contributed by atoms with E-state index in [0.717, 1.165) is 22.7 Å². The van der Waals surface area contributed by atoms with Crippen LogP contribution in [0.15, 0.2) is 84.0 Å². The van der Waals surface area contributed by atoms with Crippen molar-refractivity contribution in [2.75, 3.05) is 30.3 Å². The second-order valence-electron chi connectivity index (χ2n) is 6.76. The van der Waals surface area contributed by atoms with Gasteiger partial charge >= 0.3 is 0 Å². The van der Waals surface area contributed by atoms with Gasteiger partial charge in [-0.1, -0.05) is 30.3 Å². The first kappa shape index (κ1) is 21.6. The molecule has 1 heterocycles. The van der Waals surface area contributed by atoms with Crippen molar-refractivity contribution < 1.29 is 9.47 Å². The first-order valence-electron chi connectivity index (χ1n) is 10.1. The molecular weight excluding hydrogens is 418 g/mol. The fourth-order valence-electron chi connectivity index (χ4n) is 2.92. The third-order valence-corrected chi connectivity index (χ3v) is 4.52. The van der Waals surface area contributed by atoms with Gasteiger partial charge in [0.15, 0.2) is 0 Å². The molecule has 0 bridgehead atoms. The van der Waals surface area contributed by atoms with Gasteiger partial charge in [0.05, 0.1) is 20.4 Å². The molecule has 0 fully saturated rings. The topological polar surface area (TPSA) is 106 Å². The highest BCUT2D eigenvalue weighted by molar-refractivity contribution is 5.83. The molecule has 0 saturated heterocycles. The Morgan fingerprint density at radius 2 is 1.27 bits per heavy atom. The van der Waals surface area contributed by atoms with Crippen LogP contribution >= 0.6 is 0 Å². The van der Waals surface area contributed by atoms with Gasteiger partial charge in [-0.3, -0.25) is 0 Å². The summed E-state index contributed by atoms with van der Waals surface area (Å²) >= 11 is 0. The summed E-state index contributed by atoms with van der Waals surface area (Å²) < 4.78 is 10.6. The maximum Gasteiger partial charge on any atom is 0.250 e. The first-order chi connectivity index (χ1) is 16.2. The van der Waals surface area contributed by atoms with Crippen LogP contribution in [0.3, 0.4) is 0 Å². The van der Waals surface area contributed by atoms with Crippen LogP contribution in [0.2, 0.25) is 0 Å². The molecule has 0 aliphatic carbocycles. The number of nitrogens with zero attached hydrogens (tertiary/aromatic N) is 4. The van der Waals surface area contributed by atoms with Gasteiger partial charge in [0.25, 0.3) is 0 Å². The van der Waals surface area contributed by atoms with Gasteiger partial charge in [0.2, 0.25) is 17.8 Å². The van der Waals surface area contributed by atoms with E-state index in [1.165, 1.54) is 0 Å². The zero-order valence-corrected chi connectivity index (χ0v) is 18.2. The molecular formula is C24H23N7O2. The molecule has 1 aromatic heterocycles. The minimum Gasteiger partial charge on any atom is -0.497 e. The second-order valence-corrected chi connectivity index (χ2v) is 6.76. The zero-order chi connectivity index (χ0) is 22.9. The Labute approximate surface area is 191 Å². The van der Waals surface area contributed by atoms with Crippen molar-refractivity contribution in [3.63, 3.8) is 0 Å². The number of aromatic nitrogens is 3. The number of rotatable bonds is 9. The summed E-state index contributed by atoms with van der Waals surface area (Å²) in [7, 11) is 3.24. The van der Waals surface area contributed by atoms with E-state index in [2.05, 4.69) is 36.1 Å². The van der Waals surface area contributed by atoms with E-state index in [4.69, 9.17) is 9.47 Å². The van der Waals surface area contributed by atoms with Gasteiger partial charge in [0, 0.05) is 16.9 Å². The second kappa shape index (κ2) is 10.6. The van der Waals surface area contributed by atoms with Crippen molar-refractivity contribution in [1.29, 1.82) is 0 Å². The van der Waals surface area contributed by atoms with Crippen LogP contribution in [0, 0.1) is 0 Å². The van der Waals surface area contributed by atoms with Gasteiger partial charge < -0.3 is 20.1 Å². The number of hydrogen-bond acceptors (Lipinski definition) is 9. The van der Waals surface area contributed by atoms with Gasteiger partial charge in [-0.05, 0) is 48.5 Å². The Hall–Kier alpha value is -4.66. The third kappa shape index (κ3) is 5.95. The molecule has 9 nitrogen and oxygen atoms in total. The monoisotopic (exact) mass is 441 g/mol. The Balaban J connectivity index is 1.58. The normalized spacial score (nSPS) is 10.6. The Kier molecular flexibility index (Phi) is 6.92. The predicted molar refractivity (Wildman–Crippen MR) is 130 cm³/mol. The average molecular weight is 441 g/mol. The van der Waals surface area contributed by atoms with Crippen LogP contribution in [-0.2, 0) is 0 Å². The molecule has 0 spiro atoms. The molecule has 3 N–H and O–H groups in total. The minimum atomic E-state index is 0.269. The van der Waals surface area contributed by atoms with Gasteiger partial charge in [-0.15, -0.1) is 0 Å². The maximum absolute atomic E-state index is 5.35. The highest BCUT2D eigenvalue weighted by Gasteiger charge is 2.08. The van der Waals surface area contributed by atoms with Gasteiger partial charge in [-0.25, -0.2) is 5.43 Å². The minimum absolute atomic E-state index is 0.269. The lowest BCUT2D eigenvalue weighted by Crippen LogP contribution is -2.07. The number of methoxy groups -OCH3 is 2. The van der Waals surface area contributed by atoms with Crippen LogP contribution < -0.4 is 25.5 Å². The van der Waals surface area contributed by atoms with Crippen LogP contribution in [0.4, 0.5) is 29.2 Å². The highest BCUT2D eigenvalue weighted by atomic mass is 16.5. The highest BCUT2D eigenvalue weighted by Crippen LogP contribution is 2.21. The van der Waals surface area contributed by atoms with Crippen LogP contribution in [0.25, 0.3) is 0 Å². The van der Waals surface area contributed by atoms with Crippen molar-refractivity contribution >= 4 is 35.4 Å². The van der Waals surface area contributed by atoms with Crippen molar-refractivity contribution in [3.05, 3.63) is 84.4 Å². The summed E-state index contributed by atoms with van der Waals surface area (Å²) in [5, 5.41) is 10.6. The van der Waals surface area contributed by atoms with Crippen molar-refractivity contribution in [1.82, 2.24) is 15.0 Å². The zero-order valence-electron chi connectivity index (χ0n) is 18.2. The summed E-state index contributed by atoms with van der Waals surface area (Å²) in [6.07, 6.45) is 1.64. The van der Waals surface area contributed by atoms with E-state index < -0.39 is 0 Å². The summed E-state index contributed by atoms with van der Waals surface area (Å²) in [6, 6.07) is 24.7. The number of hydrogen-bond donors (Lipinski definition) is 3. The molecule has 0 radical (unpaired) electrons. The molecule has 0 atom stereocenters. The van der Waals surface area contributed by atoms with E-state index in [1.807, 2.05) is 78.9 Å². The van der Waals surface area contributed by atoms with E-state index in [0.29, 0.717) is 17.6 Å². The molecule has 0 aliphatic heterocycles. The number of benzene rings is 3. The van der Waals surface area contributed by atoms with E-state index in [-0.39, 0.29) is 5.95 Å². The van der Waals surface area contributed by atoms with Crippen molar-refractivity contribution in [2.24, 2.45) is 5.10 Å². The number of anilines is 5. The quantitative estimate of drug-likeness (QED) is 0.251. The summed E-state index contributed by atoms with van der Waals surface area (Å²) in [6.45, 7) is 0. The lowest BCUT2D eigenvalue weighted by Gasteiger charge is -2.10. The Morgan fingerprint density at radius 3 is 1.94 bits per heavy atom. The molecule has 33 heavy (non-hydrogen) atoms. The lowest BCUT2D eigenvalue weighted by molar-refractivity contribution is 0.414. The largest absolute Gasteiger partial charge is 0.497 e. The molecule has 3 aromatic carbocycles. The number of hydrazone groups is 1. The van der Waals surface area contributed by atoms with Crippen LogP contribution in [-0.4, -0.2) is 35.4 Å². The molecule has 9 heteroatoms. The van der Waals surface area contributed by atoms with E-state index in [1.54, 1.807) is 20.4 Å². The van der Waals surface area contributed by atoms with E-state index in [9.17, 15) is 0 Å². The number of para-hydroxylation sites is 2. The standard InChI is InChI=1S/C24H23N7O2/c1-32-20-14-12-19(13-15-20)27-23-28-22(26-18-9-4-3-5-10-18)29-24(30-23)31-25-16-17-8-6-7-11-21(17)33-2/h3-16H,1-2H3,(H3,26,27,28,29,30,31)/b25-16+. The summed E-state index contributed by atoms with van der Waals surface area (Å²) in [5.41, 5.74) is 5.34. The van der Waals surface area contributed by atoms with Crippen molar-refractivity contribution in [3.8, 4) is 11.5 Å². The van der Waals surface area contributed by atoms with Crippen LogP contribution in [0.1, 0.15) is 5.56 Å². The maximum atomic E-state index is 5.35. The van der Waals surface area contributed by atoms with Crippen molar-refractivity contribution in [2.45, 2.75) is 0 Å².